The summed E-state index contributed by atoms with van der Waals surface area (Å²) in [6, 6.07) is 17.7. The standard InChI is InChI=1S/C30H28BrN3O6S/c1-4-39-25-14-20(10-12-24(25)40-17-28(36)32-21-11-9-18(2)19(3)13-21)15-26-29(37)34(30(38)41-26)16-27(35)33-23-8-6-5-7-22(23)31/h5-15H,4,16-17H2,1-3H3,(H,32,36)(H,33,35)/b26-15+. The molecule has 0 atom stereocenters. The lowest BCUT2D eigenvalue weighted by atomic mass is 10.1. The van der Waals surface area contributed by atoms with Gasteiger partial charge in [-0.1, -0.05) is 24.3 Å². The van der Waals surface area contributed by atoms with E-state index in [2.05, 4.69) is 26.6 Å². The summed E-state index contributed by atoms with van der Waals surface area (Å²) in [4.78, 5) is 51.5. The third-order valence-corrected chi connectivity index (χ3v) is 7.64. The molecular weight excluding hydrogens is 610 g/mol. The molecule has 9 nitrogen and oxygen atoms in total. The number of rotatable bonds is 10. The fourth-order valence-electron chi connectivity index (χ4n) is 3.85. The van der Waals surface area contributed by atoms with Gasteiger partial charge in [0, 0.05) is 10.2 Å². The maximum absolute atomic E-state index is 12.9. The Bertz CT molecular complexity index is 1540. The van der Waals surface area contributed by atoms with E-state index in [1.807, 2.05) is 39.0 Å². The first-order chi connectivity index (χ1) is 19.6. The van der Waals surface area contributed by atoms with Crippen molar-refractivity contribution in [3.63, 3.8) is 0 Å². The highest BCUT2D eigenvalue weighted by Gasteiger charge is 2.36. The minimum absolute atomic E-state index is 0.174. The number of amides is 4. The number of carbonyl (C=O) groups excluding carboxylic acids is 4. The fraction of sp³-hybridized carbons (Fsp3) is 0.200. The number of aryl methyl sites for hydroxylation is 2. The fourth-order valence-corrected chi connectivity index (χ4v) is 5.07. The van der Waals surface area contributed by atoms with Crippen LogP contribution in [0.4, 0.5) is 16.2 Å². The van der Waals surface area contributed by atoms with Crippen molar-refractivity contribution in [1.82, 2.24) is 4.90 Å². The van der Waals surface area contributed by atoms with E-state index in [1.54, 1.807) is 48.5 Å². The van der Waals surface area contributed by atoms with Crippen molar-refractivity contribution >= 4 is 68.1 Å². The summed E-state index contributed by atoms with van der Waals surface area (Å²) in [7, 11) is 0. The summed E-state index contributed by atoms with van der Waals surface area (Å²) in [5.74, 6) is -0.647. The molecular formula is C30H28BrN3O6S. The summed E-state index contributed by atoms with van der Waals surface area (Å²) >= 11 is 4.10. The van der Waals surface area contributed by atoms with Crippen LogP contribution in [0.1, 0.15) is 23.6 Å². The number of hydrogen-bond donors (Lipinski definition) is 2. The lowest BCUT2D eigenvalue weighted by Crippen LogP contribution is -2.36. The van der Waals surface area contributed by atoms with Crippen LogP contribution in [0.15, 0.2) is 70.0 Å². The van der Waals surface area contributed by atoms with E-state index in [4.69, 9.17) is 9.47 Å². The van der Waals surface area contributed by atoms with Crippen molar-refractivity contribution in [1.29, 1.82) is 0 Å². The van der Waals surface area contributed by atoms with Gasteiger partial charge >= 0.3 is 0 Å². The van der Waals surface area contributed by atoms with Crippen molar-refractivity contribution in [3.8, 4) is 11.5 Å². The van der Waals surface area contributed by atoms with E-state index in [0.717, 1.165) is 27.8 Å². The number of nitrogens with one attached hydrogen (secondary N) is 2. The second-order valence-corrected chi connectivity index (χ2v) is 10.9. The van der Waals surface area contributed by atoms with Gasteiger partial charge in [-0.15, -0.1) is 0 Å². The van der Waals surface area contributed by atoms with Crippen LogP contribution in [0.2, 0.25) is 0 Å². The van der Waals surface area contributed by atoms with Gasteiger partial charge in [0.1, 0.15) is 6.54 Å². The molecule has 0 aromatic heterocycles. The Morgan fingerprint density at radius 3 is 2.44 bits per heavy atom. The van der Waals surface area contributed by atoms with Gasteiger partial charge in [0.15, 0.2) is 18.1 Å². The van der Waals surface area contributed by atoms with Crippen LogP contribution in [0.3, 0.4) is 0 Å². The Hall–Kier alpha value is -4.09. The Kier molecular flexibility index (Phi) is 9.85. The first kappa shape index (κ1) is 29.9. The minimum atomic E-state index is -0.566. The molecule has 1 fully saturated rings. The lowest BCUT2D eigenvalue weighted by Gasteiger charge is -2.13. The maximum Gasteiger partial charge on any atom is 0.294 e. The van der Waals surface area contributed by atoms with Crippen molar-refractivity contribution in [2.45, 2.75) is 20.8 Å². The number of halogens is 1. The average Bonchev–Trinajstić information content (AvgIpc) is 3.19. The van der Waals surface area contributed by atoms with Crippen LogP contribution < -0.4 is 20.1 Å². The van der Waals surface area contributed by atoms with E-state index in [9.17, 15) is 19.2 Å². The summed E-state index contributed by atoms with van der Waals surface area (Å²) in [5, 5.41) is 4.96. The third kappa shape index (κ3) is 7.77. The molecule has 1 saturated heterocycles. The number of hydrogen-bond acceptors (Lipinski definition) is 7. The highest BCUT2D eigenvalue weighted by Crippen LogP contribution is 2.35. The van der Waals surface area contributed by atoms with Gasteiger partial charge < -0.3 is 20.1 Å². The summed E-state index contributed by atoms with van der Waals surface area (Å²) in [6.45, 7) is 5.49. The molecule has 212 valence electrons. The van der Waals surface area contributed by atoms with Gasteiger partial charge in [0.2, 0.25) is 5.91 Å². The second-order valence-electron chi connectivity index (χ2n) is 9.07. The van der Waals surface area contributed by atoms with E-state index in [-0.39, 0.29) is 17.4 Å². The number of thioether (sulfide) groups is 1. The predicted molar refractivity (Wildman–Crippen MR) is 163 cm³/mol. The van der Waals surface area contributed by atoms with Gasteiger partial charge in [0.05, 0.1) is 17.2 Å². The van der Waals surface area contributed by atoms with Crippen molar-refractivity contribution in [2.75, 3.05) is 30.4 Å². The Morgan fingerprint density at radius 2 is 1.71 bits per heavy atom. The molecule has 3 aromatic carbocycles. The van der Waals surface area contributed by atoms with Gasteiger partial charge in [0.25, 0.3) is 17.1 Å². The molecule has 41 heavy (non-hydrogen) atoms. The van der Waals surface area contributed by atoms with Crippen molar-refractivity contribution in [2.24, 2.45) is 0 Å². The zero-order valence-corrected chi connectivity index (χ0v) is 25.1. The van der Waals surface area contributed by atoms with Crippen LogP contribution in [-0.2, 0) is 14.4 Å². The minimum Gasteiger partial charge on any atom is -0.490 e. The zero-order chi connectivity index (χ0) is 29.5. The number of anilines is 2. The van der Waals surface area contributed by atoms with Gasteiger partial charge in [-0.05, 0) is 108 Å². The molecule has 0 spiro atoms. The number of nitrogens with zero attached hydrogens (tertiary/aromatic N) is 1. The monoisotopic (exact) mass is 637 g/mol. The number of ether oxygens (including phenoxy) is 2. The van der Waals surface area contributed by atoms with Gasteiger partial charge in [-0.3, -0.25) is 24.1 Å². The van der Waals surface area contributed by atoms with Crippen LogP contribution in [-0.4, -0.2) is 47.6 Å². The molecule has 11 heteroatoms. The molecule has 0 bridgehead atoms. The highest BCUT2D eigenvalue weighted by molar-refractivity contribution is 9.10. The molecule has 2 N–H and O–H groups in total. The maximum atomic E-state index is 12.9. The lowest BCUT2D eigenvalue weighted by molar-refractivity contribution is -0.127. The molecule has 1 heterocycles. The molecule has 1 aliphatic heterocycles. The first-order valence-electron chi connectivity index (χ1n) is 12.7. The predicted octanol–water partition coefficient (Wildman–Crippen LogP) is 6.16. The largest absolute Gasteiger partial charge is 0.490 e. The van der Waals surface area contributed by atoms with E-state index >= 15 is 0 Å². The quantitative estimate of drug-likeness (QED) is 0.256. The molecule has 0 radical (unpaired) electrons. The summed E-state index contributed by atoms with van der Waals surface area (Å²) < 4.78 is 12.1. The summed E-state index contributed by atoms with van der Waals surface area (Å²) in [5.41, 5.74) is 4.00. The molecule has 4 rings (SSSR count). The normalized spacial score (nSPS) is 13.9. The first-order valence-corrected chi connectivity index (χ1v) is 14.3. The van der Waals surface area contributed by atoms with E-state index in [0.29, 0.717) is 39.5 Å². The molecule has 3 aromatic rings. The number of imide groups is 1. The van der Waals surface area contributed by atoms with Crippen molar-refractivity contribution < 1.29 is 28.7 Å². The van der Waals surface area contributed by atoms with Gasteiger partial charge in [-0.25, -0.2) is 0 Å². The SMILES string of the molecule is CCOc1cc(/C=C2/SC(=O)N(CC(=O)Nc3ccccc3Br)C2=O)ccc1OCC(=O)Nc1ccc(C)c(C)c1. The molecule has 0 saturated carbocycles. The zero-order valence-electron chi connectivity index (χ0n) is 22.7. The number of carbonyl (C=O) groups is 4. The van der Waals surface area contributed by atoms with Crippen LogP contribution >= 0.6 is 27.7 Å². The van der Waals surface area contributed by atoms with Crippen LogP contribution in [0.25, 0.3) is 6.08 Å². The summed E-state index contributed by atoms with van der Waals surface area (Å²) in [6.07, 6.45) is 1.55. The molecule has 0 aliphatic carbocycles. The smallest absolute Gasteiger partial charge is 0.294 e. The van der Waals surface area contributed by atoms with Crippen molar-refractivity contribution in [3.05, 3.63) is 86.7 Å². The molecule has 4 amide bonds. The second kappa shape index (κ2) is 13.5. The van der Waals surface area contributed by atoms with Crippen LogP contribution in [0.5, 0.6) is 11.5 Å². The number of benzene rings is 3. The topological polar surface area (TPSA) is 114 Å². The third-order valence-electron chi connectivity index (χ3n) is 6.04. The van der Waals surface area contributed by atoms with Gasteiger partial charge in [-0.2, -0.15) is 0 Å². The van der Waals surface area contributed by atoms with E-state index in [1.165, 1.54) is 0 Å². The van der Waals surface area contributed by atoms with E-state index < -0.39 is 23.6 Å². The highest BCUT2D eigenvalue weighted by atomic mass is 79.9. The molecule has 1 aliphatic rings. The Morgan fingerprint density at radius 1 is 0.927 bits per heavy atom. The van der Waals surface area contributed by atoms with Crippen LogP contribution in [0, 0.1) is 13.8 Å². The Labute approximate surface area is 250 Å². The average molecular weight is 639 g/mol. The Balaban J connectivity index is 1.40. The molecule has 0 unspecified atom stereocenters. The number of para-hydroxylation sites is 1.